The highest BCUT2D eigenvalue weighted by molar-refractivity contribution is 5.86. The van der Waals surface area contributed by atoms with Gasteiger partial charge in [0.15, 0.2) is 0 Å². The lowest BCUT2D eigenvalue weighted by atomic mass is 9.94. The molecule has 1 spiro atoms. The molecule has 2 aliphatic heterocycles. The van der Waals surface area contributed by atoms with Crippen molar-refractivity contribution in [3.05, 3.63) is 35.9 Å². The molecular weight excluding hydrogens is 352 g/mol. The first kappa shape index (κ1) is 20.6. The molecule has 0 bridgehead atoms. The summed E-state index contributed by atoms with van der Waals surface area (Å²) in [6.07, 6.45) is 3.15. The van der Waals surface area contributed by atoms with Gasteiger partial charge in [0.1, 0.15) is 0 Å². The fraction of sp³-hybridized carbons (Fsp3) is 0.636. The molecular formula is C22H34N4O2. The second kappa shape index (κ2) is 8.52. The van der Waals surface area contributed by atoms with Crippen LogP contribution in [0, 0.1) is 0 Å². The molecule has 1 aromatic rings. The number of nitrogens with zero attached hydrogens (tertiary/aromatic N) is 2. The number of hydrogen-bond donors (Lipinski definition) is 2. The smallest absolute Gasteiger partial charge is 0.317 e. The fourth-order valence-corrected chi connectivity index (χ4v) is 4.45. The van der Waals surface area contributed by atoms with Crippen molar-refractivity contribution in [3.8, 4) is 0 Å². The van der Waals surface area contributed by atoms with Crippen molar-refractivity contribution in [2.24, 2.45) is 0 Å². The van der Waals surface area contributed by atoms with Crippen LogP contribution in [0.25, 0.3) is 0 Å². The molecule has 2 atom stereocenters. The minimum atomic E-state index is -0.347. The first-order valence-electron chi connectivity index (χ1n) is 10.6. The summed E-state index contributed by atoms with van der Waals surface area (Å²) in [4.78, 5) is 29.6. The van der Waals surface area contributed by atoms with Crippen LogP contribution < -0.4 is 10.6 Å². The van der Waals surface area contributed by atoms with Gasteiger partial charge < -0.3 is 15.1 Å². The molecule has 0 aromatic heterocycles. The Bertz CT molecular complexity index is 683. The molecule has 2 heterocycles. The maximum absolute atomic E-state index is 13.3. The Labute approximate surface area is 168 Å². The topological polar surface area (TPSA) is 64.7 Å². The van der Waals surface area contributed by atoms with Crippen molar-refractivity contribution < 1.29 is 9.59 Å². The second-order valence-corrected chi connectivity index (χ2v) is 8.47. The van der Waals surface area contributed by atoms with E-state index in [0.717, 1.165) is 19.3 Å². The van der Waals surface area contributed by atoms with Crippen LogP contribution in [-0.2, 0) is 11.2 Å². The Hall–Kier alpha value is -2.08. The summed E-state index contributed by atoms with van der Waals surface area (Å²) in [5, 5.41) is 6.66. The molecule has 2 aliphatic rings. The van der Waals surface area contributed by atoms with Crippen LogP contribution in [0.2, 0.25) is 0 Å². The van der Waals surface area contributed by atoms with E-state index in [1.165, 1.54) is 5.56 Å². The Kier molecular flexibility index (Phi) is 6.28. The minimum absolute atomic E-state index is 0.00917. The van der Waals surface area contributed by atoms with Gasteiger partial charge in [0.05, 0.1) is 11.7 Å². The van der Waals surface area contributed by atoms with Crippen molar-refractivity contribution in [2.75, 3.05) is 13.1 Å². The van der Waals surface area contributed by atoms with E-state index in [0.29, 0.717) is 19.5 Å². The van der Waals surface area contributed by atoms with Gasteiger partial charge in [0, 0.05) is 38.0 Å². The van der Waals surface area contributed by atoms with Gasteiger partial charge >= 0.3 is 6.03 Å². The average molecular weight is 387 g/mol. The molecule has 154 valence electrons. The third-order valence-electron chi connectivity index (χ3n) is 6.04. The predicted molar refractivity (Wildman–Crippen MR) is 111 cm³/mol. The van der Waals surface area contributed by atoms with Gasteiger partial charge in [-0.05, 0) is 39.2 Å². The number of piperidine rings is 1. The number of carbonyl (C=O) groups excluding carboxylic acids is 2. The molecule has 3 amide bonds. The molecule has 0 radical (unpaired) electrons. The van der Waals surface area contributed by atoms with E-state index in [2.05, 4.69) is 41.5 Å². The maximum atomic E-state index is 13.3. The standard InChI is InChI=1S/C22H34N4O2/c1-5-17(4)26-20(27)19(15-18-9-7-6-8-10-18)24-22(26)11-13-25(14-12-22)21(28)23-16(2)3/h6-10,16-17,19,24H,5,11-15H2,1-4H3,(H,23,28). The van der Waals surface area contributed by atoms with Crippen LogP contribution in [-0.4, -0.2) is 58.6 Å². The number of nitrogens with one attached hydrogen (secondary N) is 2. The van der Waals surface area contributed by atoms with Crippen LogP contribution in [0.3, 0.4) is 0 Å². The molecule has 0 saturated carbocycles. The number of likely N-dealkylation sites (tertiary alicyclic amines) is 1. The lowest BCUT2D eigenvalue weighted by Crippen LogP contribution is -2.62. The van der Waals surface area contributed by atoms with Crippen LogP contribution in [0.15, 0.2) is 30.3 Å². The summed E-state index contributed by atoms with van der Waals surface area (Å²) in [6, 6.07) is 10.3. The monoisotopic (exact) mass is 386 g/mol. The Morgan fingerprint density at radius 3 is 2.43 bits per heavy atom. The van der Waals surface area contributed by atoms with E-state index in [1.54, 1.807) is 0 Å². The predicted octanol–water partition coefficient (Wildman–Crippen LogP) is 2.74. The molecule has 3 rings (SSSR count). The molecule has 2 fully saturated rings. The summed E-state index contributed by atoms with van der Waals surface area (Å²) in [6.45, 7) is 9.51. The highest BCUT2D eigenvalue weighted by Crippen LogP contribution is 2.35. The molecule has 6 nitrogen and oxygen atoms in total. The number of rotatable bonds is 5. The van der Waals surface area contributed by atoms with Gasteiger partial charge in [-0.2, -0.15) is 0 Å². The normalized spacial score (nSPS) is 22.8. The lowest BCUT2D eigenvalue weighted by molar-refractivity contribution is -0.136. The third kappa shape index (κ3) is 4.17. The van der Waals surface area contributed by atoms with E-state index in [1.807, 2.05) is 36.9 Å². The molecule has 2 saturated heterocycles. The van der Waals surface area contributed by atoms with E-state index in [-0.39, 0.29) is 35.7 Å². The van der Waals surface area contributed by atoms with Crippen molar-refractivity contribution in [3.63, 3.8) is 0 Å². The second-order valence-electron chi connectivity index (χ2n) is 8.47. The van der Waals surface area contributed by atoms with E-state index in [9.17, 15) is 9.59 Å². The molecule has 28 heavy (non-hydrogen) atoms. The van der Waals surface area contributed by atoms with Gasteiger partial charge in [-0.25, -0.2) is 4.79 Å². The first-order chi connectivity index (χ1) is 13.4. The molecule has 1 aromatic carbocycles. The Morgan fingerprint density at radius 1 is 1.21 bits per heavy atom. The summed E-state index contributed by atoms with van der Waals surface area (Å²) in [7, 11) is 0. The SMILES string of the molecule is CCC(C)N1C(=O)C(Cc2ccccc2)NC12CCN(C(=O)NC(C)C)CC2. The summed E-state index contributed by atoms with van der Waals surface area (Å²) in [5.74, 6) is 0.193. The number of hydrogen-bond acceptors (Lipinski definition) is 3. The van der Waals surface area contributed by atoms with Crippen molar-refractivity contribution in [1.82, 2.24) is 20.4 Å². The van der Waals surface area contributed by atoms with Crippen LogP contribution in [0.4, 0.5) is 4.79 Å². The van der Waals surface area contributed by atoms with Gasteiger partial charge in [-0.15, -0.1) is 0 Å². The summed E-state index contributed by atoms with van der Waals surface area (Å²) >= 11 is 0. The van der Waals surface area contributed by atoms with Crippen molar-refractivity contribution in [1.29, 1.82) is 0 Å². The number of carbonyl (C=O) groups is 2. The van der Waals surface area contributed by atoms with Crippen molar-refractivity contribution in [2.45, 2.75) is 77.2 Å². The maximum Gasteiger partial charge on any atom is 0.317 e. The van der Waals surface area contributed by atoms with Gasteiger partial charge in [0.2, 0.25) is 5.91 Å². The van der Waals surface area contributed by atoms with Crippen molar-refractivity contribution >= 4 is 11.9 Å². The fourth-order valence-electron chi connectivity index (χ4n) is 4.45. The zero-order valence-electron chi connectivity index (χ0n) is 17.6. The summed E-state index contributed by atoms with van der Waals surface area (Å²) < 4.78 is 0. The Balaban J connectivity index is 1.75. The van der Waals surface area contributed by atoms with E-state index < -0.39 is 0 Å². The quantitative estimate of drug-likeness (QED) is 0.818. The largest absolute Gasteiger partial charge is 0.336 e. The molecule has 6 heteroatoms. The highest BCUT2D eigenvalue weighted by Gasteiger charge is 2.52. The molecule has 2 N–H and O–H groups in total. The van der Waals surface area contributed by atoms with Crippen LogP contribution in [0.1, 0.15) is 52.5 Å². The highest BCUT2D eigenvalue weighted by atomic mass is 16.2. The zero-order chi connectivity index (χ0) is 20.3. The first-order valence-corrected chi connectivity index (χ1v) is 10.6. The Morgan fingerprint density at radius 2 is 1.86 bits per heavy atom. The number of urea groups is 1. The third-order valence-corrected chi connectivity index (χ3v) is 6.04. The minimum Gasteiger partial charge on any atom is -0.336 e. The van der Waals surface area contributed by atoms with Gasteiger partial charge in [-0.3, -0.25) is 10.1 Å². The average Bonchev–Trinajstić information content (AvgIpc) is 2.93. The van der Waals surface area contributed by atoms with E-state index in [4.69, 9.17) is 0 Å². The molecule has 0 aliphatic carbocycles. The van der Waals surface area contributed by atoms with Crippen LogP contribution >= 0.6 is 0 Å². The number of amides is 3. The van der Waals surface area contributed by atoms with Crippen LogP contribution in [0.5, 0.6) is 0 Å². The summed E-state index contributed by atoms with van der Waals surface area (Å²) in [5.41, 5.74) is 0.823. The van der Waals surface area contributed by atoms with E-state index >= 15 is 0 Å². The van der Waals surface area contributed by atoms with Gasteiger partial charge in [-0.1, -0.05) is 37.3 Å². The number of benzene rings is 1. The lowest BCUT2D eigenvalue weighted by Gasteiger charge is -2.46. The zero-order valence-corrected chi connectivity index (χ0v) is 17.6. The van der Waals surface area contributed by atoms with Gasteiger partial charge in [0.25, 0.3) is 0 Å². The molecule has 2 unspecified atom stereocenters.